The Morgan fingerprint density at radius 1 is 1.31 bits per heavy atom. The second kappa shape index (κ2) is 2.29. The van der Waals surface area contributed by atoms with E-state index in [1.165, 1.54) is 0 Å². The van der Waals surface area contributed by atoms with Crippen molar-refractivity contribution in [1.82, 2.24) is 20.2 Å². The molecule has 0 spiro atoms. The van der Waals surface area contributed by atoms with Crippen LogP contribution in [0.4, 0.5) is 0 Å². The Labute approximate surface area is 73.9 Å². The molecule has 0 unspecified atom stereocenters. The van der Waals surface area contributed by atoms with Crippen molar-refractivity contribution in [2.75, 3.05) is 0 Å². The van der Waals surface area contributed by atoms with Crippen molar-refractivity contribution >= 4 is 0 Å². The predicted octanol–water partition coefficient (Wildman–Crippen LogP) is 0.555. The lowest BCUT2D eigenvalue weighted by Gasteiger charge is -2.15. The van der Waals surface area contributed by atoms with Gasteiger partial charge in [-0.25, -0.2) is 0 Å². The van der Waals surface area contributed by atoms with Crippen molar-refractivity contribution in [3.05, 3.63) is 30.1 Å². The zero-order valence-corrected chi connectivity index (χ0v) is 6.71. The van der Waals surface area contributed by atoms with Gasteiger partial charge in [0, 0.05) is 0 Å². The van der Waals surface area contributed by atoms with Crippen LogP contribution in [-0.4, -0.2) is 20.2 Å². The molecule has 0 atom stereocenters. The number of hydrogen-bond donors (Lipinski definition) is 0. The molecular weight excluding hydrogens is 168 g/mol. The van der Waals surface area contributed by atoms with Gasteiger partial charge in [-0.3, -0.25) is 0 Å². The Balaban J connectivity index is 2.30. The first-order chi connectivity index (χ1) is 6.45. The van der Waals surface area contributed by atoms with Crippen LogP contribution in [0.3, 0.4) is 0 Å². The minimum atomic E-state index is 0.435. The summed E-state index contributed by atoms with van der Waals surface area (Å²) in [4.78, 5) is 0. The average Bonchev–Trinajstić information content (AvgIpc) is 2.65. The van der Waals surface area contributed by atoms with Gasteiger partial charge < -0.3 is 4.74 Å². The van der Waals surface area contributed by atoms with Crippen LogP contribution < -0.4 is 4.74 Å². The molecule has 0 fully saturated rings. The minimum absolute atomic E-state index is 0.435. The Kier molecular flexibility index (Phi) is 1.16. The second-order valence-corrected chi connectivity index (χ2v) is 2.76. The molecule has 64 valence electrons. The van der Waals surface area contributed by atoms with Gasteiger partial charge in [-0.15, -0.1) is 5.10 Å². The summed E-state index contributed by atoms with van der Waals surface area (Å²) >= 11 is 0. The number of para-hydroxylation sites is 2. The van der Waals surface area contributed by atoms with Crippen molar-refractivity contribution < 1.29 is 4.74 Å². The van der Waals surface area contributed by atoms with Gasteiger partial charge >= 0.3 is 0 Å². The summed E-state index contributed by atoms with van der Waals surface area (Å²) < 4.78 is 7.14. The molecular formula is C8H6N4O. The van der Waals surface area contributed by atoms with Gasteiger partial charge in [0.25, 0.3) is 0 Å². The third-order valence-corrected chi connectivity index (χ3v) is 1.98. The Morgan fingerprint density at radius 3 is 3.23 bits per heavy atom. The highest BCUT2D eigenvalue weighted by Gasteiger charge is 2.18. The molecule has 2 heterocycles. The van der Waals surface area contributed by atoms with Gasteiger partial charge in [-0.05, 0) is 22.6 Å². The molecule has 2 aromatic rings. The topological polar surface area (TPSA) is 52.8 Å². The lowest BCUT2D eigenvalue weighted by molar-refractivity contribution is 0.276. The zero-order valence-electron chi connectivity index (χ0n) is 6.71. The first kappa shape index (κ1) is 6.59. The van der Waals surface area contributed by atoms with E-state index in [0.717, 1.165) is 17.3 Å². The molecule has 1 aromatic heterocycles. The molecule has 0 amide bonds. The van der Waals surface area contributed by atoms with Crippen LogP contribution in [0.1, 0.15) is 5.82 Å². The monoisotopic (exact) mass is 174 g/mol. The molecule has 0 aliphatic carbocycles. The number of ether oxygens (including phenoxy) is 1. The van der Waals surface area contributed by atoms with Crippen LogP contribution >= 0.6 is 0 Å². The molecule has 5 nitrogen and oxygen atoms in total. The normalized spacial score (nSPS) is 12.9. The fraction of sp³-hybridized carbons (Fsp3) is 0.125. The molecule has 0 bridgehead atoms. The predicted molar refractivity (Wildman–Crippen MR) is 43.5 cm³/mol. The third kappa shape index (κ3) is 0.837. The lowest BCUT2D eigenvalue weighted by Crippen LogP contribution is -2.13. The first-order valence-electron chi connectivity index (χ1n) is 3.94. The molecule has 13 heavy (non-hydrogen) atoms. The summed E-state index contributed by atoms with van der Waals surface area (Å²) in [7, 11) is 0. The summed E-state index contributed by atoms with van der Waals surface area (Å²) in [5.41, 5.74) is 0.897. The standard InChI is InChI=1S/C8H6N4O/c1-2-4-7-6(3-1)12-8(5-13-7)9-10-11-12/h1-4H,5H2. The van der Waals surface area contributed by atoms with Crippen LogP contribution in [0.2, 0.25) is 0 Å². The molecule has 1 aromatic carbocycles. The van der Waals surface area contributed by atoms with E-state index in [1.54, 1.807) is 4.68 Å². The van der Waals surface area contributed by atoms with Crippen molar-refractivity contribution in [2.45, 2.75) is 6.61 Å². The SMILES string of the molecule is c1ccc2c(c1)OCc1nnnn1-2. The van der Waals surface area contributed by atoms with E-state index in [-0.39, 0.29) is 0 Å². The fourth-order valence-electron chi connectivity index (χ4n) is 1.38. The fourth-order valence-corrected chi connectivity index (χ4v) is 1.38. The van der Waals surface area contributed by atoms with E-state index in [1.807, 2.05) is 24.3 Å². The van der Waals surface area contributed by atoms with Gasteiger partial charge in [0.15, 0.2) is 5.82 Å². The van der Waals surface area contributed by atoms with Gasteiger partial charge in [0.1, 0.15) is 18.0 Å². The maximum absolute atomic E-state index is 5.44. The minimum Gasteiger partial charge on any atom is -0.483 e. The van der Waals surface area contributed by atoms with Crippen molar-refractivity contribution in [2.24, 2.45) is 0 Å². The number of tetrazole rings is 1. The van der Waals surface area contributed by atoms with Crippen molar-refractivity contribution in [1.29, 1.82) is 0 Å². The van der Waals surface area contributed by atoms with Gasteiger partial charge in [-0.2, -0.15) is 4.68 Å². The second-order valence-electron chi connectivity index (χ2n) is 2.76. The highest BCUT2D eigenvalue weighted by atomic mass is 16.5. The number of aromatic nitrogens is 4. The number of benzene rings is 1. The summed E-state index contributed by atoms with van der Waals surface area (Å²) in [5, 5.41) is 11.3. The maximum Gasteiger partial charge on any atom is 0.194 e. The van der Waals surface area contributed by atoms with Crippen molar-refractivity contribution in [3.8, 4) is 11.4 Å². The van der Waals surface area contributed by atoms with E-state index in [9.17, 15) is 0 Å². The molecule has 0 N–H and O–H groups in total. The highest BCUT2D eigenvalue weighted by molar-refractivity contribution is 5.47. The van der Waals surface area contributed by atoms with Gasteiger partial charge in [0.05, 0.1) is 0 Å². The van der Waals surface area contributed by atoms with Crippen LogP contribution in [0.5, 0.6) is 5.75 Å². The Morgan fingerprint density at radius 2 is 2.23 bits per heavy atom. The van der Waals surface area contributed by atoms with Crippen LogP contribution in [0.15, 0.2) is 24.3 Å². The molecule has 1 aliphatic rings. The Hall–Kier alpha value is -1.91. The van der Waals surface area contributed by atoms with E-state index < -0.39 is 0 Å². The number of rotatable bonds is 0. The highest BCUT2D eigenvalue weighted by Crippen LogP contribution is 2.26. The molecule has 0 saturated carbocycles. The van der Waals surface area contributed by atoms with Crippen LogP contribution in [0.25, 0.3) is 5.69 Å². The Bertz CT molecular complexity index is 451. The van der Waals surface area contributed by atoms with E-state index >= 15 is 0 Å². The zero-order chi connectivity index (χ0) is 8.67. The van der Waals surface area contributed by atoms with E-state index in [4.69, 9.17) is 4.74 Å². The van der Waals surface area contributed by atoms with E-state index in [2.05, 4.69) is 15.5 Å². The number of hydrogen-bond acceptors (Lipinski definition) is 4. The summed E-state index contributed by atoms with van der Waals surface area (Å²) in [6.45, 7) is 0.435. The molecule has 0 saturated heterocycles. The quantitative estimate of drug-likeness (QED) is 0.585. The van der Waals surface area contributed by atoms with Gasteiger partial charge in [-0.1, -0.05) is 12.1 Å². The molecule has 3 rings (SSSR count). The lowest BCUT2D eigenvalue weighted by atomic mass is 10.3. The number of fused-ring (bicyclic) bond motifs is 3. The number of nitrogens with zero attached hydrogens (tertiary/aromatic N) is 4. The third-order valence-electron chi connectivity index (χ3n) is 1.98. The smallest absolute Gasteiger partial charge is 0.194 e. The largest absolute Gasteiger partial charge is 0.483 e. The van der Waals surface area contributed by atoms with E-state index in [0.29, 0.717) is 6.61 Å². The van der Waals surface area contributed by atoms with Gasteiger partial charge in [0.2, 0.25) is 0 Å². The first-order valence-corrected chi connectivity index (χ1v) is 3.94. The van der Waals surface area contributed by atoms with Crippen LogP contribution in [0, 0.1) is 0 Å². The summed E-state index contributed by atoms with van der Waals surface area (Å²) in [5.74, 6) is 1.56. The molecule has 1 aliphatic heterocycles. The summed E-state index contributed by atoms with van der Waals surface area (Å²) in [6.07, 6.45) is 0. The van der Waals surface area contributed by atoms with Crippen molar-refractivity contribution in [3.63, 3.8) is 0 Å². The molecule has 0 radical (unpaired) electrons. The van der Waals surface area contributed by atoms with Crippen LogP contribution in [-0.2, 0) is 6.61 Å². The molecule has 5 heteroatoms. The maximum atomic E-state index is 5.44. The summed E-state index contributed by atoms with van der Waals surface area (Å²) in [6, 6.07) is 7.68. The average molecular weight is 174 g/mol.